The number of amides is 1. The Morgan fingerprint density at radius 3 is 2.38 bits per heavy atom. The predicted octanol–water partition coefficient (Wildman–Crippen LogP) is 1.91. The maximum Gasteiger partial charge on any atom is 0.220 e. The van der Waals surface area contributed by atoms with Crippen molar-refractivity contribution in [2.24, 2.45) is 5.73 Å². The molecular weight excluding hydrogens is 292 g/mol. The lowest BCUT2D eigenvalue weighted by molar-refractivity contribution is -0.121. The molecule has 6 heteroatoms. The van der Waals surface area contributed by atoms with Crippen LogP contribution in [-0.2, 0) is 11.2 Å². The molecule has 0 radical (unpaired) electrons. The quantitative estimate of drug-likeness (QED) is 0.806. The second kappa shape index (κ2) is 8.74. The standard InChI is InChI=1S/C15H24N2O3.ClH/c1-15(2,16)10-17-14(18)8-6-11-5-7-12(19-3)13(9-11)20-4;/h5,7,9H,6,8,10,16H2,1-4H3,(H,17,18);1H. The molecule has 0 aromatic heterocycles. The van der Waals surface area contributed by atoms with Gasteiger partial charge in [0.05, 0.1) is 14.2 Å². The molecule has 0 fully saturated rings. The van der Waals surface area contributed by atoms with E-state index in [0.717, 1.165) is 5.56 Å². The molecule has 5 nitrogen and oxygen atoms in total. The minimum absolute atomic E-state index is 0. The maximum absolute atomic E-state index is 11.7. The highest BCUT2D eigenvalue weighted by atomic mass is 35.5. The molecule has 0 saturated heterocycles. The molecule has 0 atom stereocenters. The minimum Gasteiger partial charge on any atom is -0.493 e. The van der Waals surface area contributed by atoms with Crippen LogP contribution < -0.4 is 20.5 Å². The van der Waals surface area contributed by atoms with Gasteiger partial charge < -0.3 is 20.5 Å². The number of rotatable bonds is 7. The number of benzene rings is 1. The third kappa shape index (κ3) is 7.20. The largest absolute Gasteiger partial charge is 0.493 e. The number of ether oxygens (including phenoxy) is 2. The number of hydrogen-bond donors (Lipinski definition) is 2. The van der Waals surface area contributed by atoms with Gasteiger partial charge in [0.15, 0.2) is 11.5 Å². The van der Waals surface area contributed by atoms with E-state index in [4.69, 9.17) is 15.2 Å². The minimum atomic E-state index is -0.390. The van der Waals surface area contributed by atoms with Gasteiger partial charge in [-0.05, 0) is 38.0 Å². The Balaban J connectivity index is 0.00000400. The van der Waals surface area contributed by atoms with Crippen molar-refractivity contribution in [2.45, 2.75) is 32.2 Å². The fraction of sp³-hybridized carbons (Fsp3) is 0.533. The van der Waals surface area contributed by atoms with Crippen molar-refractivity contribution in [2.75, 3.05) is 20.8 Å². The van der Waals surface area contributed by atoms with E-state index in [-0.39, 0.29) is 23.9 Å². The summed E-state index contributed by atoms with van der Waals surface area (Å²) in [4.78, 5) is 11.7. The Kier molecular flexibility index (Phi) is 8.14. The van der Waals surface area contributed by atoms with Crippen LogP contribution in [0.1, 0.15) is 25.8 Å². The first kappa shape index (κ1) is 19.5. The van der Waals surface area contributed by atoms with Crippen LogP contribution in [0, 0.1) is 0 Å². The van der Waals surface area contributed by atoms with Gasteiger partial charge in [0.2, 0.25) is 5.91 Å². The van der Waals surface area contributed by atoms with E-state index in [1.54, 1.807) is 14.2 Å². The molecule has 0 bridgehead atoms. The predicted molar refractivity (Wildman–Crippen MR) is 86.4 cm³/mol. The van der Waals surface area contributed by atoms with E-state index in [1.165, 1.54) is 0 Å². The van der Waals surface area contributed by atoms with Gasteiger partial charge in [0.25, 0.3) is 0 Å². The van der Waals surface area contributed by atoms with Crippen molar-refractivity contribution in [1.82, 2.24) is 5.32 Å². The van der Waals surface area contributed by atoms with Crippen molar-refractivity contribution >= 4 is 18.3 Å². The van der Waals surface area contributed by atoms with Crippen molar-refractivity contribution < 1.29 is 14.3 Å². The van der Waals surface area contributed by atoms with Crippen LogP contribution in [-0.4, -0.2) is 32.2 Å². The lowest BCUT2D eigenvalue weighted by Gasteiger charge is -2.18. The molecule has 120 valence electrons. The fourth-order valence-electron chi connectivity index (χ4n) is 1.71. The van der Waals surface area contributed by atoms with Gasteiger partial charge in [0, 0.05) is 18.5 Å². The van der Waals surface area contributed by atoms with Crippen molar-refractivity contribution in [1.29, 1.82) is 0 Å². The van der Waals surface area contributed by atoms with E-state index in [1.807, 2.05) is 32.0 Å². The molecule has 21 heavy (non-hydrogen) atoms. The van der Waals surface area contributed by atoms with Crippen LogP contribution in [0.25, 0.3) is 0 Å². The summed E-state index contributed by atoms with van der Waals surface area (Å²) < 4.78 is 10.4. The average Bonchev–Trinajstić information content (AvgIpc) is 2.41. The first-order valence-corrected chi connectivity index (χ1v) is 6.62. The van der Waals surface area contributed by atoms with Gasteiger partial charge in [-0.25, -0.2) is 0 Å². The summed E-state index contributed by atoms with van der Waals surface area (Å²) in [6.07, 6.45) is 1.07. The maximum atomic E-state index is 11.7. The highest BCUT2D eigenvalue weighted by Crippen LogP contribution is 2.27. The van der Waals surface area contributed by atoms with Crippen molar-refractivity contribution in [3.05, 3.63) is 23.8 Å². The number of aryl methyl sites for hydroxylation is 1. The summed E-state index contributed by atoms with van der Waals surface area (Å²) in [5, 5.41) is 2.82. The molecule has 0 aliphatic carbocycles. The van der Waals surface area contributed by atoms with Crippen LogP contribution >= 0.6 is 12.4 Å². The summed E-state index contributed by atoms with van der Waals surface area (Å²) >= 11 is 0. The molecule has 0 unspecified atom stereocenters. The molecule has 3 N–H and O–H groups in total. The lowest BCUT2D eigenvalue weighted by atomic mass is 10.1. The Labute approximate surface area is 132 Å². The first-order chi connectivity index (χ1) is 9.35. The van der Waals surface area contributed by atoms with Gasteiger partial charge in [-0.1, -0.05) is 6.07 Å². The van der Waals surface area contributed by atoms with Crippen molar-refractivity contribution in [3.63, 3.8) is 0 Å². The zero-order valence-corrected chi connectivity index (χ0v) is 13.9. The molecule has 1 aromatic carbocycles. The molecule has 0 heterocycles. The summed E-state index contributed by atoms with van der Waals surface area (Å²) in [5.41, 5.74) is 6.46. The lowest BCUT2D eigenvalue weighted by Crippen LogP contribution is -2.45. The van der Waals surface area contributed by atoms with Gasteiger partial charge in [-0.2, -0.15) is 0 Å². The number of carbonyl (C=O) groups excluding carboxylic acids is 1. The number of halogens is 1. The summed E-state index contributed by atoms with van der Waals surface area (Å²) in [6.45, 7) is 4.22. The number of carbonyl (C=O) groups is 1. The van der Waals surface area contributed by atoms with Crippen molar-refractivity contribution in [3.8, 4) is 11.5 Å². The van der Waals surface area contributed by atoms with Gasteiger partial charge in [-0.15, -0.1) is 12.4 Å². The molecule has 0 saturated carbocycles. The van der Waals surface area contributed by atoms with E-state index in [2.05, 4.69) is 5.32 Å². The molecule has 0 aliphatic rings. The van der Waals surface area contributed by atoms with E-state index in [9.17, 15) is 4.79 Å². The van der Waals surface area contributed by atoms with Crippen LogP contribution in [0.15, 0.2) is 18.2 Å². The fourth-order valence-corrected chi connectivity index (χ4v) is 1.71. The number of nitrogens with one attached hydrogen (secondary N) is 1. The Morgan fingerprint density at radius 2 is 1.86 bits per heavy atom. The Morgan fingerprint density at radius 1 is 1.24 bits per heavy atom. The zero-order chi connectivity index (χ0) is 15.2. The topological polar surface area (TPSA) is 73.6 Å². The Bertz CT molecular complexity index is 459. The van der Waals surface area contributed by atoms with Gasteiger partial charge in [0.1, 0.15) is 0 Å². The molecule has 1 amide bonds. The number of hydrogen-bond acceptors (Lipinski definition) is 4. The molecule has 1 rings (SSSR count). The monoisotopic (exact) mass is 316 g/mol. The highest BCUT2D eigenvalue weighted by molar-refractivity contribution is 5.85. The Hall–Kier alpha value is -1.46. The molecule has 0 spiro atoms. The highest BCUT2D eigenvalue weighted by Gasteiger charge is 2.12. The van der Waals surface area contributed by atoms with E-state index >= 15 is 0 Å². The van der Waals surface area contributed by atoms with Crippen LogP contribution in [0.2, 0.25) is 0 Å². The van der Waals surface area contributed by atoms with Crippen LogP contribution in [0.4, 0.5) is 0 Å². The van der Waals surface area contributed by atoms with E-state index < -0.39 is 0 Å². The van der Waals surface area contributed by atoms with Crippen LogP contribution in [0.3, 0.4) is 0 Å². The average molecular weight is 317 g/mol. The third-order valence-corrected chi connectivity index (χ3v) is 2.83. The summed E-state index contributed by atoms with van der Waals surface area (Å²) in [5.74, 6) is 1.36. The number of methoxy groups -OCH3 is 2. The SMILES string of the molecule is COc1ccc(CCC(=O)NCC(C)(C)N)cc1OC.Cl. The van der Waals surface area contributed by atoms with Gasteiger partial charge in [-0.3, -0.25) is 4.79 Å². The molecule has 0 aliphatic heterocycles. The summed E-state index contributed by atoms with van der Waals surface area (Å²) in [7, 11) is 3.19. The first-order valence-electron chi connectivity index (χ1n) is 6.62. The zero-order valence-electron chi connectivity index (χ0n) is 13.1. The second-order valence-electron chi connectivity index (χ2n) is 5.45. The normalized spacial score (nSPS) is 10.5. The smallest absolute Gasteiger partial charge is 0.220 e. The number of nitrogens with two attached hydrogens (primary N) is 1. The van der Waals surface area contributed by atoms with E-state index in [0.29, 0.717) is 30.9 Å². The molecule has 1 aromatic rings. The molecular formula is C15H25ClN2O3. The van der Waals surface area contributed by atoms with Gasteiger partial charge >= 0.3 is 0 Å². The second-order valence-corrected chi connectivity index (χ2v) is 5.45. The third-order valence-electron chi connectivity index (χ3n) is 2.83. The summed E-state index contributed by atoms with van der Waals surface area (Å²) in [6, 6.07) is 5.66. The van der Waals surface area contributed by atoms with Crippen LogP contribution in [0.5, 0.6) is 11.5 Å².